The van der Waals surface area contributed by atoms with E-state index in [4.69, 9.17) is 0 Å². The summed E-state index contributed by atoms with van der Waals surface area (Å²) in [5.74, 6) is -2.91. The molecule has 4 heterocycles. The highest BCUT2D eigenvalue weighted by Crippen LogP contribution is 2.60. The van der Waals surface area contributed by atoms with Crippen LogP contribution in [0.25, 0.3) is 0 Å². The number of amides is 3. The average Bonchev–Trinajstić information content (AvgIpc) is 3.43. The molecular weight excluding hydrogens is 397 g/mol. The van der Waals surface area contributed by atoms with Gasteiger partial charge < -0.3 is 5.32 Å². The van der Waals surface area contributed by atoms with Gasteiger partial charge in [0.05, 0.1) is 17.5 Å². The maximum Gasteiger partial charge on any atom is 0.250 e. The molecule has 6 nitrogen and oxygen atoms in total. The number of halogens is 1. The van der Waals surface area contributed by atoms with Gasteiger partial charge in [0.15, 0.2) is 0 Å². The molecule has 0 aromatic heterocycles. The second kappa shape index (κ2) is 6.01. The molecule has 0 radical (unpaired) electrons. The molecule has 158 valence electrons. The van der Waals surface area contributed by atoms with Gasteiger partial charge in [-0.1, -0.05) is 12.1 Å². The van der Waals surface area contributed by atoms with Gasteiger partial charge in [-0.15, -0.1) is 0 Å². The van der Waals surface area contributed by atoms with Crippen molar-refractivity contribution in [2.45, 2.75) is 38.3 Å². The molecule has 4 atom stereocenters. The number of benzene rings is 2. The summed E-state index contributed by atoms with van der Waals surface area (Å²) < 4.78 is 14.3. The van der Waals surface area contributed by atoms with Crippen molar-refractivity contribution in [2.75, 3.05) is 16.8 Å². The summed E-state index contributed by atoms with van der Waals surface area (Å²) in [5.41, 5.74) is 2.07. The van der Waals surface area contributed by atoms with Crippen LogP contribution in [0.3, 0.4) is 0 Å². The largest absolute Gasteiger partial charge is 0.324 e. The Labute approximate surface area is 179 Å². The van der Waals surface area contributed by atoms with E-state index in [1.54, 1.807) is 12.1 Å². The summed E-state index contributed by atoms with van der Waals surface area (Å²) in [6, 6.07) is 9.53. The van der Waals surface area contributed by atoms with E-state index in [0.29, 0.717) is 23.5 Å². The lowest BCUT2D eigenvalue weighted by molar-refractivity contribution is -0.135. The van der Waals surface area contributed by atoms with E-state index in [1.165, 1.54) is 17.0 Å². The molecule has 0 aliphatic carbocycles. The van der Waals surface area contributed by atoms with Gasteiger partial charge in [-0.25, -0.2) is 9.29 Å². The lowest BCUT2D eigenvalue weighted by atomic mass is 9.75. The highest BCUT2D eigenvalue weighted by Gasteiger charge is 2.74. The number of imide groups is 1. The summed E-state index contributed by atoms with van der Waals surface area (Å²) in [4.78, 5) is 44.4. The molecule has 1 N–H and O–H groups in total. The number of anilines is 2. The minimum absolute atomic E-state index is 0.212. The molecule has 2 aromatic carbocycles. The standard InChI is InChI=1S/C24H22FN3O3/c1-12-5-3-6-17(13(12)2)28-21(29)19-18-7-4-10-27(18)24(20(19)22(28)30)15-11-14(25)8-9-16(15)26-23(24)31/h3,5-6,8-9,11,18-20H,4,7,10H2,1-2H3,(H,26,31)/t18-,19+,20+,24+/m0/s1. The molecule has 2 aromatic rings. The Morgan fingerprint density at radius 2 is 1.90 bits per heavy atom. The van der Waals surface area contributed by atoms with Gasteiger partial charge in [0.2, 0.25) is 17.7 Å². The normalized spacial score (nSPS) is 31.4. The Hall–Kier alpha value is -3.06. The molecule has 4 aliphatic rings. The first-order valence-corrected chi connectivity index (χ1v) is 10.7. The summed E-state index contributed by atoms with van der Waals surface area (Å²) >= 11 is 0. The lowest BCUT2D eigenvalue weighted by Gasteiger charge is -2.36. The molecule has 1 spiro atoms. The first kappa shape index (κ1) is 18.7. The fourth-order valence-electron chi connectivity index (χ4n) is 6.39. The monoisotopic (exact) mass is 419 g/mol. The van der Waals surface area contributed by atoms with Gasteiger partial charge in [-0.05, 0) is 68.6 Å². The summed E-state index contributed by atoms with van der Waals surface area (Å²) in [6.45, 7) is 4.43. The quantitative estimate of drug-likeness (QED) is 0.722. The molecule has 31 heavy (non-hydrogen) atoms. The van der Waals surface area contributed by atoms with Gasteiger partial charge in [0, 0.05) is 17.3 Å². The predicted molar refractivity (Wildman–Crippen MR) is 112 cm³/mol. The highest BCUT2D eigenvalue weighted by atomic mass is 19.1. The first-order chi connectivity index (χ1) is 14.9. The average molecular weight is 419 g/mol. The van der Waals surface area contributed by atoms with Gasteiger partial charge in [0.25, 0.3) is 0 Å². The number of carbonyl (C=O) groups is 3. The maximum atomic E-state index is 14.3. The van der Waals surface area contributed by atoms with E-state index in [-0.39, 0.29) is 23.8 Å². The van der Waals surface area contributed by atoms with Crippen molar-refractivity contribution >= 4 is 29.1 Å². The zero-order chi connectivity index (χ0) is 21.7. The van der Waals surface area contributed by atoms with Crippen LogP contribution in [0.1, 0.15) is 29.5 Å². The van der Waals surface area contributed by atoms with Crippen LogP contribution < -0.4 is 10.2 Å². The highest BCUT2D eigenvalue weighted by molar-refractivity contribution is 6.26. The number of nitrogens with one attached hydrogen (secondary N) is 1. The van der Waals surface area contributed by atoms with Crippen LogP contribution in [-0.4, -0.2) is 35.2 Å². The number of aryl methyl sites for hydroxylation is 1. The second-order valence-electron chi connectivity index (χ2n) is 9.05. The van der Waals surface area contributed by atoms with Crippen LogP contribution in [0.2, 0.25) is 0 Å². The van der Waals surface area contributed by atoms with E-state index >= 15 is 0 Å². The van der Waals surface area contributed by atoms with E-state index in [1.807, 2.05) is 30.9 Å². The van der Waals surface area contributed by atoms with Crippen LogP contribution in [0.15, 0.2) is 36.4 Å². The van der Waals surface area contributed by atoms with E-state index in [9.17, 15) is 18.8 Å². The fourth-order valence-corrected chi connectivity index (χ4v) is 6.39. The molecular formula is C24H22FN3O3. The molecule has 0 saturated carbocycles. The minimum Gasteiger partial charge on any atom is -0.324 e. The topological polar surface area (TPSA) is 69.7 Å². The summed E-state index contributed by atoms with van der Waals surface area (Å²) in [6.07, 6.45) is 1.57. The first-order valence-electron chi connectivity index (χ1n) is 10.7. The number of hydrogen-bond acceptors (Lipinski definition) is 4. The van der Waals surface area contributed by atoms with Crippen molar-refractivity contribution in [3.63, 3.8) is 0 Å². The van der Waals surface area contributed by atoms with Gasteiger partial charge in [0.1, 0.15) is 11.4 Å². The summed E-state index contributed by atoms with van der Waals surface area (Å²) in [7, 11) is 0. The van der Waals surface area contributed by atoms with Crippen molar-refractivity contribution < 1.29 is 18.8 Å². The molecule has 6 rings (SSSR count). The molecule has 3 fully saturated rings. The van der Waals surface area contributed by atoms with Crippen molar-refractivity contribution in [3.05, 3.63) is 58.9 Å². The van der Waals surface area contributed by atoms with Crippen LogP contribution in [0.5, 0.6) is 0 Å². The van der Waals surface area contributed by atoms with Crippen LogP contribution >= 0.6 is 0 Å². The van der Waals surface area contributed by atoms with Crippen molar-refractivity contribution in [1.29, 1.82) is 0 Å². The smallest absolute Gasteiger partial charge is 0.250 e. The Morgan fingerprint density at radius 3 is 2.71 bits per heavy atom. The van der Waals surface area contributed by atoms with Crippen LogP contribution in [0.4, 0.5) is 15.8 Å². The third-order valence-electron chi connectivity index (χ3n) is 7.77. The fraction of sp³-hybridized carbons (Fsp3) is 0.375. The molecule has 3 saturated heterocycles. The van der Waals surface area contributed by atoms with Gasteiger partial charge in [-0.3, -0.25) is 19.3 Å². The molecule has 0 unspecified atom stereocenters. The SMILES string of the molecule is Cc1cccc(N2C(=O)[C@@H]3[C@@H]4CCCN4[C@@]4(C(=O)Nc5ccc(F)cc54)[C@H]3C2=O)c1C. The number of fused-ring (bicyclic) bond motifs is 7. The van der Waals surface area contributed by atoms with Crippen molar-refractivity contribution in [3.8, 4) is 0 Å². The van der Waals surface area contributed by atoms with Crippen LogP contribution in [-0.2, 0) is 19.9 Å². The number of hydrogen-bond donors (Lipinski definition) is 1. The Balaban J connectivity index is 1.58. The van der Waals surface area contributed by atoms with E-state index < -0.39 is 23.2 Å². The maximum absolute atomic E-state index is 14.3. The summed E-state index contributed by atoms with van der Waals surface area (Å²) in [5, 5.41) is 2.86. The minimum atomic E-state index is -1.34. The Kier molecular flexibility index (Phi) is 3.62. The number of nitrogens with zero attached hydrogens (tertiary/aromatic N) is 2. The van der Waals surface area contributed by atoms with Crippen LogP contribution in [0, 0.1) is 31.5 Å². The van der Waals surface area contributed by atoms with E-state index in [2.05, 4.69) is 5.32 Å². The Bertz CT molecular complexity index is 1190. The van der Waals surface area contributed by atoms with Gasteiger partial charge in [-0.2, -0.15) is 0 Å². The van der Waals surface area contributed by atoms with Crippen molar-refractivity contribution in [1.82, 2.24) is 4.90 Å². The predicted octanol–water partition coefficient (Wildman–Crippen LogP) is 2.87. The number of carbonyl (C=O) groups excluding carboxylic acids is 3. The molecule has 0 bridgehead atoms. The molecule has 4 aliphatic heterocycles. The third kappa shape index (κ3) is 2.07. The Morgan fingerprint density at radius 1 is 1.10 bits per heavy atom. The zero-order valence-corrected chi connectivity index (χ0v) is 17.3. The molecule has 7 heteroatoms. The van der Waals surface area contributed by atoms with E-state index in [0.717, 1.165) is 24.0 Å². The van der Waals surface area contributed by atoms with Gasteiger partial charge >= 0.3 is 0 Å². The zero-order valence-electron chi connectivity index (χ0n) is 17.3. The number of rotatable bonds is 1. The molecule has 3 amide bonds. The van der Waals surface area contributed by atoms with Crippen molar-refractivity contribution in [2.24, 2.45) is 11.8 Å². The lowest BCUT2D eigenvalue weighted by Crippen LogP contribution is -2.54. The third-order valence-corrected chi connectivity index (χ3v) is 7.77. The second-order valence-corrected chi connectivity index (χ2v) is 9.05.